The summed E-state index contributed by atoms with van der Waals surface area (Å²) in [6.07, 6.45) is 2.72. The Balaban J connectivity index is 2.03. The van der Waals surface area contributed by atoms with Crippen molar-refractivity contribution in [3.8, 4) is 0 Å². The summed E-state index contributed by atoms with van der Waals surface area (Å²) in [5, 5.41) is 0. The lowest BCUT2D eigenvalue weighted by molar-refractivity contribution is 0.0982. The molecule has 0 atom stereocenters. The van der Waals surface area contributed by atoms with Gasteiger partial charge in [-0.1, -0.05) is 24.3 Å². The Bertz CT molecular complexity index is 684. The Morgan fingerprint density at radius 3 is 2.67 bits per heavy atom. The summed E-state index contributed by atoms with van der Waals surface area (Å²) < 4.78 is 27.2. The lowest BCUT2D eigenvalue weighted by atomic mass is 10.1. The fourth-order valence-corrected chi connectivity index (χ4v) is 2.72. The number of fused-ring (bicyclic) bond motifs is 1. The second kappa shape index (κ2) is 5.64. The zero-order chi connectivity index (χ0) is 14.8. The number of amides is 1. The van der Waals surface area contributed by atoms with Crippen LogP contribution in [-0.2, 0) is 6.42 Å². The van der Waals surface area contributed by atoms with Gasteiger partial charge in [0.2, 0.25) is 0 Å². The van der Waals surface area contributed by atoms with Gasteiger partial charge in [-0.2, -0.15) is 0 Å². The van der Waals surface area contributed by atoms with Crippen LogP contribution in [0.3, 0.4) is 0 Å². The number of carbonyl (C=O) groups excluding carboxylic acids is 1. The highest BCUT2D eigenvalue weighted by Gasteiger charge is 2.25. The van der Waals surface area contributed by atoms with Crippen molar-refractivity contribution in [3.63, 3.8) is 0 Å². The van der Waals surface area contributed by atoms with E-state index in [2.05, 4.69) is 0 Å². The van der Waals surface area contributed by atoms with E-state index < -0.39 is 17.5 Å². The number of nitrogens with zero attached hydrogens (tertiary/aromatic N) is 1. The Hall–Kier alpha value is -2.23. The van der Waals surface area contributed by atoms with E-state index in [9.17, 15) is 13.6 Å². The van der Waals surface area contributed by atoms with Crippen LogP contribution in [0.2, 0.25) is 0 Å². The number of benzene rings is 2. The van der Waals surface area contributed by atoms with Crippen molar-refractivity contribution in [2.75, 3.05) is 11.4 Å². The van der Waals surface area contributed by atoms with Gasteiger partial charge < -0.3 is 4.90 Å². The molecule has 0 unspecified atom stereocenters. The molecule has 0 aromatic heterocycles. The summed E-state index contributed by atoms with van der Waals surface area (Å²) >= 11 is 0. The number of hydrogen-bond donors (Lipinski definition) is 0. The molecule has 0 saturated carbocycles. The number of rotatable bonds is 1. The van der Waals surface area contributed by atoms with E-state index in [0.717, 1.165) is 36.6 Å². The van der Waals surface area contributed by atoms with Gasteiger partial charge >= 0.3 is 0 Å². The maximum absolute atomic E-state index is 13.9. The fourth-order valence-electron chi connectivity index (χ4n) is 2.72. The molecule has 2 aromatic rings. The van der Waals surface area contributed by atoms with E-state index in [1.165, 1.54) is 12.1 Å². The molecule has 4 heteroatoms. The third-order valence-electron chi connectivity index (χ3n) is 3.79. The number of hydrogen-bond acceptors (Lipinski definition) is 1. The molecular weight excluding hydrogens is 272 g/mol. The second-order valence-electron chi connectivity index (χ2n) is 5.14. The lowest BCUT2D eigenvalue weighted by Crippen LogP contribution is -2.32. The zero-order valence-corrected chi connectivity index (χ0v) is 11.5. The Kier molecular flexibility index (Phi) is 3.69. The van der Waals surface area contributed by atoms with Crippen molar-refractivity contribution < 1.29 is 13.6 Å². The molecule has 0 spiro atoms. The van der Waals surface area contributed by atoms with Crippen molar-refractivity contribution >= 4 is 11.6 Å². The van der Waals surface area contributed by atoms with Gasteiger partial charge in [-0.05, 0) is 43.0 Å². The average molecular weight is 287 g/mol. The fraction of sp³-hybridized carbons (Fsp3) is 0.235. The van der Waals surface area contributed by atoms with Gasteiger partial charge in [0.1, 0.15) is 0 Å². The van der Waals surface area contributed by atoms with Crippen LogP contribution < -0.4 is 4.90 Å². The molecule has 21 heavy (non-hydrogen) atoms. The molecular formula is C17H15F2NO. The van der Waals surface area contributed by atoms with Crippen molar-refractivity contribution in [2.45, 2.75) is 19.3 Å². The van der Waals surface area contributed by atoms with Gasteiger partial charge in [0.05, 0.1) is 5.56 Å². The predicted octanol–water partition coefficient (Wildman–Crippen LogP) is 3.95. The smallest absolute Gasteiger partial charge is 0.261 e. The maximum atomic E-state index is 13.9. The van der Waals surface area contributed by atoms with Crippen molar-refractivity contribution in [1.29, 1.82) is 0 Å². The highest BCUT2D eigenvalue weighted by Crippen LogP contribution is 2.28. The van der Waals surface area contributed by atoms with Gasteiger partial charge in [0.15, 0.2) is 11.6 Å². The normalized spacial score (nSPS) is 14.5. The first-order chi connectivity index (χ1) is 10.2. The van der Waals surface area contributed by atoms with Crippen molar-refractivity contribution in [3.05, 3.63) is 65.2 Å². The number of anilines is 1. The van der Waals surface area contributed by atoms with Crippen LogP contribution in [0.5, 0.6) is 0 Å². The summed E-state index contributed by atoms with van der Waals surface area (Å²) in [7, 11) is 0. The van der Waals surface area contributed by atoms with Crippen LogP contribution in [-0.4, -0.2) is 12.5 Å². The number of carbonyl (C=O) groups is 1. The molecule has 2 nitrogen and oxygen atoms in total. The first-order valence-corrected chi connectivity index (χ1v) is 7.02. The number of halogens is 2. The molecule has 108 valence electrons. The van der Waals surface area contributed by atoms with Crippen LogP contribution in [0.15, 0.2) is 42.5 Å². The molecule has 1 aliphatic rings. The molecule has 2 aromatic carbocycles. The third kappa shape index (κ3) is 2.53. The second-order valence-corrected chi connectivity index (χ2v) is 5.14. The first-order valence-electron chi connectivity index (χ1n) is 7.02. The van der Waals surface area contributed by atoms with E-state index in [4.69, 9.17) is 0 Å². The van der Waals surface area contributed by atoms with Crippen molar-refractivity contribution in [2.24, 2.45) is 0 Å². The average Bonchev–Trinajstić information content (AvgIpc) is 2.72. The Morgan fingerprint density at radius 1 is 1.00 bits per heavy atom. The highest BCUT2D eigenvalue weighted by atomic mass is 19.2. The Morgan fingerprint density at radius 2 is 1.81 bits per heavy atom. The molecule has 0 bridgehead atoms. The minimum absolute atomic E-state index is 0.216. The summed E-state index contributed by atoms with van der Waals surface area (Å²) in [6, 6.07) is 11.3. The Labute approximate surface area is 122 Å². The van der Waals surface area contributed by atoms with Gasteiger partial charge in [-0.25, -0.2) is 8.78 Å². The predicted molar refractivity (Wildman–Crippen MR) is 77.4 cm³/mol. The van der Waals surface area contributed by atoms with E-state index in [0.29, 0.717) is 6.54 Å². The van der Waals surface area contributed by atoms with E-state index >= 15 is 0 Å². The molecule has 1 aliphatic heterocycles. The van der Waals surface area contributed by atoms with Crippen LogP contribution >= 0.6 is 0 Å². The van der Waals surface area contributed by atoms with Crippen LogP contribution in [0.1, 0.15) is 28.8 Å². The highest BCUT2D eigenvalue weighted by molar-refractivity contribution is 6.06. The van der Waals surface area contributed by atoms with Gasteiger partial charge in [-0.3, -0.25) is 4.79 Å². The lowest BCUT2D eigenvalue weighted by Gasteiger charge is -2.23. The van der Waals surface area contributed by atoms with Crippen LogP contribution in [0, 0.1) is 11.6 Å². The molecule has 1 heterocycles. The molecule has 0 radical (unpaired) electrons. The van der Waals surface area contributed by atoms with E-state index in [1.807, 2.05) is 24.3 Å². The maximum Gasteiger partial charge on any atom is 0.261 e. The topological polar surface area (TPSA) is 20.3 Å². The molecule has 0 fully saturated rings. The molecule has 3 rings (SSSR count). The summed E-state index contributed by atoms with van der Waals surface area (Å²) in [5.74, 6) is -2.56. The van der Waals surface area contributed by atoms with Gasteiger partial charge in [0, 0.05) is 12.2 Å². The summed E-state index contributed by atoms with van der Waals surface area (Å²) in [6.45, 7) is 0.520. The van der Waals surface area contributed by atoms with Gasteiger partial charge in [0.25, 0.3) is 5.91 Å². The number of aryl methyl sites for hydroxylation is 1. The largest absolute Gasteiger partial charge is 0.308 e. The van der Waals surface area contributed by atoms with Crippen LogP contribution in [0.4, 0.5) is 14.5 Å². The minimum Gasteiger partial charge on any atom is -0.308 e. The minimum atomic E-state index is -1.08. The zero-order valence-electron chi connectivity index (χ0n) is 11.5. The molecule has 1 amide bonds. The quantitative estimate of drug-likeness (QED) is 0.777. The van der Waals surface area contributed by atoms with E-state index in [1.54, 1.807) is 4.90 Å². The molecule has 0 N–H and O–H groups in total. The molecule has 0 aliphatic carbocycles. The van der Waals surface area contributed by atoms with Crippen LogP contribution in [0.25, 0.3) is 0 Å². The third-order valence-corrected chi connectivity index (χ3v) is 3.79. The molecule has 0 saturated heterocycles. The number of para-hydroxylation sites is 1. The SMILES string of the molecule is O=C(c1cccc(F)c1F)N1CCCCc2ccccc21. The monoisotopic (exact) mass is 287 g/mol. The summed E-state index contributed by atoms with van der Waals surface area (Å²) in [5.41, 5.74) is 1.65. The van der Waals surface area contributed by atoms with Crippen molar-refractivity contribution in [1.82, 2.24) is 0 Å². The summed E-state index contributed by atoms with van der Waals surface area (Å²) in [4.78, 5) is 14.2. The standard InChI is InChI=1S/C17H15F2NO/c18-14-9-5-8-13(16(14)19)17(21)20-11-4-3-7-12-6-1-2-10-15(12)20/h1-2,5-6,8-10H,3-4,7,11H2. The van der Waals surface area contributed by atoms with E-state index in [-0.39, 0.29) is 5.56 Å². The van der Waals surface area contributed by atoms with Gasteiger partial charge in [-0.15, -0.1) is 0 Å². The first kappa shape index (κ1) is 13.7.